The quantitative estimate of drug-likeness (QED) is 0.140. The molecule has 0 N–H and O–H groups in total. The van der Waals surface area contributed by atoms with Gasteiger partial charge in [0.2, 0.25) is 5.69 Å². The third-order valence-electron chi connectivity index (χ3n) is 21.0. The van der Waals surface area contributed by atoms with Gasteiger partial charge in [0.05, 0.1) is 89.7 Å². The van der Waals surface area contributed by atoms with Crippen LogP contribution in [0.5, 0.6) is 0 Å². The summed E-state index contributed by atoms with van der Waals surface area (Å²) in [6.07, 6.45) is 0. The molecule has 0 unspecified atom stereocenters. The second-order valence-electron chi connectivity index (χ2n) is 26.2. The number of hydrogen-bond acceptors (Lipinski definition) is 1. The molecule has 0 aliphatic heterocycles. The van der Waals surface area contributed by atoms with Crippen molar-refractivity contribution in [3.63, 3.8) is 0 Å². The van der Waals surface area contributed by atoms with Gasteiger partial charge in [-0.15, -0.1) is 0 Å². The zero-order valence-corrected chi connectivity index (χ0v) is 53.8. The first kappa shape index (κ1) is 55.4. The predicted molar refractivity (Wildman–Crippen MR) is 414 cm³/mol. The van der Waals surface area contributed by atoms with Crippen LogP contribution in [0.25, 0.3) is 192 Å². The zero-order chi connectivity index (χ0) is 65.8. The first-order chi connectivity index (χ1) is 49.5. The predicted octanol–water partition coefficient (Wildman–Crippen LogP) is 24.0. The topological polar surface area (TPSA) is 57.7 Å². The minimum absolute atomic E-state index is 0.415. The summed E-state index contributed by atoms with van der Waals surface area (Å²) >= 11 is 0. The number of nitrogens with zero attached hydrogens (tertiary/aromatic N) is 8. The zero-order valence-electron chi connectivity index (χ0n) is 53.8. The number of rotatable bonds is 8. The van der Waals surface area contributed by atoms with Crippen LogP contribution in [-0.4, -0.2) is 27.4 Å². The summed E-state index contributed by atoms with van der Waals surface area (Å²) in [6.45, 7) is 9.33. The van der Waals surface area contributed by atoms with Gasteiger partial charge in [-0.2, -0.15) is 5.26 Å². The third-order valence-corrected chi connectivity index (χ3v) is 21.0. The van der Waals surface area contributed by atoms with Crippen LogP contribution in [-0.2, 0) is 0 Å². The van der Waals surface area contributed by atoms with Gasteiger partial charge in [0.25, 0.3) is 0 Å². The van der Waals surface area contributed by atoms with Crippen LogP contribution >= 0.6 is 0 Å². The number of para-hydroxylation sites is 8. The number of aromatic nitrogens is 6. The van der Waals surface area contributed by atoms with Gasteiger partial charge in [-0.3, -0.25) is 0 Å². The van der Waals surface area contributed by atoms with E-state index in [2.05, 4.69) is 354 Å². The lowest BCUT2D eigenvalue weighted by molar-refractivity contribution is 1.14. The van der Waals surface area contributed by atoms with Crippen molar-refractivity contribution in [1.82, 2.24) is 27.4 Å². The van der Waals surface area contributed by atoms with E-state index >= 15 is 0 Å². The molecular weight excluding hydrogens is 1220 g/mol. The van der Waals surface area contributed by atoms with Crippen LogP contribution in [0.2, 0.25) is 0 Å². The summed E-state index contributed by atoms with van der Waals surface area (Å²) < 4.78 is 14.0. The first-order valence-corrected chi connectivity index (χ1v) is 33.8. The molecule has 8 heteroatoms. The SMILES string of the molecule is [C-]#[N+]c1cc(-n2c3ccc(-c4ccc5c6ccccc6n(-c6ccccc6)c5c4)cc3c3cc4c(cc32)c2ccccc2n4-c2ccccc2)c(C#N)cc1-n1c2ccc(-c3ccc4c5ccccc5n(-c5ccccc5)c4c3)cc2c2cc3c(cc21)c1ccccc1n3-c1ccccc1. The van der Waals surface area contributed by atoms with E-state index in [4.69, 9.17) is 0 Å². The minimum atomic E-state index is 0.415. The average molecular weight is 1270 g/mol. The van der Waals surface area contributed by atoms with Crippen molar-refractivity contribution in [2.24, 2.45) is 0 Å². The van der Waals surface area contributed by atoms with Gasteiger partial charge in [0.15, 0.2) is 0 Å². The van der Waals surface area contributed by atoms with E-state index in [0.29, 0.717) is 22.6 Å². The van der Waals surface area contributed by atoms with E-state index in [9.17, 15) is 11.8 Å². The molecule has 462 valence electrons. The third kappa shape index (κ3) is 7.96. The molecule has 6 heterocycles. The van der Waals surface area contributed by atoms with E-state index in [1.165, 1.54) is 21.5 Å². The van der Waals surface area contributed by atoms with Crippen molar-refractivity contribution in [1.29, 1.82) is 5.26 Å². The standard InChI is InChI=1S/C92H54N8/c1-94-78-55-85(99-83-44-40-57(59-38-42-70-66-30-14-18-34-79(66)95(86(70)48-59)62-22-6-2-7-23-62)46-72(83)76-53-88-74(51-90(76)99)68-32-16-20-36-81(68)97(88)64-26-10-4-11-27-64)61(56-93)50-92(78)100-84-45-41-58(60-39-43-71-67-31-15-19-35-80(67)96(87(71)49-60)63-24-8-3-9-25-63)47-73(84)77-54-89-75(52-91(77)100)69-33-17-21-37-82(69)98(89)65-28-12-5-13-29-65/h2-55H. The van der Waals surface area contributed by atoms with Crippen molar-refractivity contribution in [3.05, 3.63) is 345 Å². The van der Waals surface area contributed by atoms with E-state index in [0.717, 1.165) is 154 Å². The molecule has 6 aromatic heterocycles. The van der Waals surface area contributed by atoms with E-state index in [-0.39, 0.29) is 0 Å². The second kappa shape index (κ2) is 21.3. The molecule has 0 spiro atoms. The maximum absolute atomic E-state index is 11.9. The minimum Gasteiger partial charge on any atom is -0.319 e. The number of nitriles is 1. The molecular formula is C92H54N8. The van der Waals surface area contributed by atoms with Gasteiger partial charge in [-0.05, 0) is 168 Å². The maximum atomic E-state index is 11.9. The molecule has 0 atom stereocenters. The summed E-state index contributed by atoms with van der Waals surface area (Å²) in [5.74, 6) is 0. The van der Waals surface area contributed by atoms with Crippen LogP contribution in [0.4, 0.5) is 5.69 Å². The number of hydrogen-bond donors (Lipinski definition) is 0. The number of fused-ring (bicyclic) bond motifs is 18. The highest BCUT2D eigenvalue weighted by molar-refractivity contribution is 6.22. The Balaban J connectivity index is 0.811. The van der Waals surface area contributed by atoms with Crippen LogP contribution in [0, 0.1) is 17.9 Å². The fourth-order valence-electron chi connectivity index (χ4n) is 16.7. The van der Waals surface area contributed by atoms with E-state index in [1.807, 2.05) is 12.1 Å². The van der Waals surface area contributed by atoms with Crippen LogP contribution in [0.15, 0.2) is 328 Å². The Labute approximate surface area is 572 Å². The molecule has 0 saturated heterocycles. The highest BCUT2D eigenvalue weighted by Crippen LogP contribution is 2.47. The van der Waals surface area contributed by atoms with Gasteiger partial charge in [-0.25, -0.2) is 4.85 Å². The Morgan fingerprint density at radius 1 is 0.220 bits per heavy atom. The fourth-order valence-corrected chi connectivity index (χ4v) is 16.7. The van der Waals surface area contributed by atoms with E-state index in [1.54, 1.807) is 0 Å². The van der Waals surface area contributed by atoms with Gasteiger partial charge in [0, 0.05) is 87.4 Å². The summed E-state index contributed by atoms with van der Waals surface area (Å²) in [6, 6.07) is 120. The molecule has 0 aliphatic carbocycles. The van der Waals surface area contributed by atoms with Gasteiger partial charge < -0.3 is 27.4 Å². The highest BCUT2D eigenvalue weighted by atomic mass is 15.0. The summed E-state index contributed by atoms with van der Waals surface area (Å²) in [4.78, 5) is 4.49. The van der Waals surface area contributed by atoms with Gasteiger partial charge in [0.1, 0.15) is 6.07 Å². The molecule has 0 aliphatic rings. The highest BCUT2D eigenvalue weighted by Gasteiger charge is 2.26. The Morgan fingerprint density at radius 2 is 0.490 bits per heavy atom. The van der Waals surface area contributed by atoms with Crippen molar-refractivity contribution in [2.75, 3.05) is 0 Å². The van der Waals surface area contributed by atoms with Crippen LogP contribution in [0.1, 0.15) is 5.56 Å². The Kier molecular flexibility index (Phi) is 11.8. The lowest BCUT2D eigenvalue weighted by Gasteiger charge is -2.16. The molecule has 0 fully saturated rings. The van der Waals surface area contributed by atoms with Gasteiger partial charge >= 0.3 is 0 Å². The molecule has 15 aromatic carbocycles. The smallest absolute Gasteiger partial charge is 0.212 e. The summed E-state index contributed by atoms with van der Waals surface area (Å²) in [7, 11) is 0. The second-order valence-corrected chi connectivity index (χ2v) is 26.2. The molecule has 100 heavy (non-hydrogen) atoms. The molecule has 0 saturated carbocycles. The maximum Gasteiger partial charge on any atom is 0.212 e. The van der Waals surface area contributed by atoms with Crippen molar-refractivity contribution in [2.45, 2.75) is 0 Å². The average Bonchev–Trinajstić information content (AvgIpc) is 1.55. The molecule has 0 bridgehead atoms. The largest absolute Gasteiger partial charge is 0.319 e. The molecule has 21 aromatic rings. The lowest BCUT2D eigenvalue weighted by atomic mass is 10.0. The van der Waals surface area contributed by atoms with Gasteiger partial charge in [-0.1, -0.05) is 182 Å². The van der Waals surface area contributed by atoms with E-state index < -0.39 is 0 Å². The van der Waals surface area contributed by atoms with Crippen molar-refractivity contribution < 1.29 is 0 Å². The molecule has 21 rings (SSSR count). The Bertz CT molecular complexity index is 6710. The molecule has 8 nitrogen and oxygen atoms in total. The first-order valence-electron chi connectivity index (χ1n) is 33.8. The monoisotopic (exact) mass is 1270 g/mol. The van der Waals surface area contributed by atoms with Crippen LogP contribution < -0.4 is 0 Å². The Morgan fingerprint density at radius 3 is 0.860 bits per heavy atom. The summed E-state index contributed by atoms with van der Waals surface area (Å²) in [5, 5.41) is 25.2. The molecule has 0 amide bonds. The molecule has 0 radical (unpaired) electrons. The Hall–Kier alpha value is -13.9. The van der Waals surface area contributed by atoms with Crippen LogP contribution in [0.3, 0.4) is 0 Å². The lowest BCUT2D eigenvalue weighted by Crippen LogP contribution is -2.02. The normalized spacial score (nSPS) is 12.0. The summed E-state index contributed by atoms with van der Waals surface area (Å²) in [5.41, 5.74) is 23.3. The van der Waals surface area contributed by atoms with Crippen molar-refractivity contribution in [3.8, 4) is 62.4 Å². The fraction of sp³-hybridized carbons (Fsp3) is 0. The number of benzene rings is 15. The van der Waals surface area contributed by atoms with Crippen molar-refractivity contribution >= 4 is 137 Å².